The Bertz CT molecular complexity index is 3600. The molecule has 0 unspecified atom stereocenters. The van der Waals surface area contributed by atoms with Gasteiger partial charge in [-0.3, -0.25) is 14.7 Å². The van der Waals surface area contributed by atoms with E-state index < -0.39 is 25.6 Å². The Balaban J connectivity index is 1.15. The number of nitrogens with zero attached hydrogens (tertiary/aromatic N) is 10. The molecule has 26 nitrogen and oxygen atoms in total. The molecule has 76 heavy (non-hydrogen) atoms. The molecule has 0 radical (unpaired) electrons. The van der Waals surface area contributed by atoms with Gasteiger partial charge in [-0.25, -0.2) is 15.5 Å². The summed E-state index contributed by atoms with van der Waals surface area (Å²) in [6, 6.07) is 26.4. The normalized spacial score (nSPS) is 12.2. The number of methoxy groups -OCH3 is 3. The number of rotatable bonds is 22. The highest BCUT2D eigenvalue weighted by atomic mass is 32.2. The molecule has 5 N–H and O–H groups in total. The van der Waals surface area contributed by atoms with Gasteiger partial charge in [0.15, 0.2) is 12.2 Å². The van der Waals surface area contributed by atoms with E-state index in [-0.39, 0.29) is 72.5 Å². The minimum absolute atomic E-state index is 0.0322. The van der Waals surface area contributed by atoms with Crippen molar-refractivity contribution in [2.75, 3.05) is 21.3 Å². The molecule has 0 aliphatic carbocycles. The summed E-state index contributed by atoms with van der Waals surface area (Å²) in [5, 5.41) is 93.2. The molecule has 0 heterocycles. The quantitative estimate of drug-likeness (QED) is 0.00484. The molecule has 7 rings (SSSR count). The molecule has 390 valence electrons. The van der Waals surface area contributed by atoms with E-state index >= 15 is 0 Å². The summed E-state index contributed by atoms with van der Waals surface area (Å²) in [7, 11) is -0.653. The molecule has 0 bridgehead atoms. The molecule has 7 aromatic rings. The van der Waals surface area contributed by atoms with Crippen LogP contribution in [0.4, 0.5) is 56.9 Å². The summed E-state index contributed by atoms with van der Waals surface area (Å²) < 4.78 is 59.6. The van der Waals surface area contributed by atoms with Gasteiger partial charge < -0.3 is 24.4 Å². The third-order valence-corrected chi connectivity index (χ3v) is 12.5. The van der Waals surface area contributed by atoms with Gasteiger partial charge in [-0.15, -0.1) is 29.1 Å². The van der Waals surface area contributed by atoms with Gasteiger partial charge in [-0.2, -0.15) is 28.9 Å². The Kier molecular flexibility index (Phi) is 18.5. The molecule has 29 heteroatoms. The summed E-state index contributed by atoms with van der Waals surface area (Å²) in [5.41, 5.74) is 2.71. The van der Waals surface area contributed by atoms with Crippen LogP contribution in [-0.2, 0) is 33.6 Å². The van der Waals surface area contributed by atoms with E-state index in [9.17, 15) is 33.3 Å². The van der Waals surface area contributed by atoms with Crippen molar-refractivity contribution in [3.05, 3.63) is 136 Å². The van der Waals surface area contributed by atoms with Crippen LogP contribution in [0, 0.1) is 17.0 Å². The average molecular weight is 1100 g/mol. The number of ether oxygens (including phenoxy) is 3. The molecule has 0 spiro atoms. The third-order valence-electron chi connectivity index (χ3n) is 10.3. The highest BCUT2D eigenvalue weighted by molar-refractivity contribution is 7.95. The van der Waals surface area contributed by atoms with Gasteiger partial charge in [-0.05, 0) is 108 Å². The van der Waals surface area contributed by atoms with Gasteiger partial charge in [0.2, 0.25) is 0 Å². The minimum atomic E-state index is -4.86. The second-order valence-electron chi connectivity index (χ2n) is 15.0. The van der Waals surface area contributed by atoms with E-state index in [0.717, 1.165) is 24.6 Å². The zero-order chi connectivity index (χ0) is 54.4. The van der Waals surface area contributed by atoms with E-state index in [1.165, 1.54) is 75.9 Å². The van der Waals surface area contributed by atoms with Crippen molar-refractivity contribution in [2.45, 2.75) is 21.6 Å². The lowest BCUT2D eigenvalue weighted by molar-refractivity contribution is -0.432. The zero-order valence-electron chi connectivity index (χ0n) is 39.5. The number of hydrogen-bond acceptors (Lipinski definition) is 26. The smallest absolute Gasteiger partial charge is 0.295 e. The van der Waals surface area contributed by atoms with Crippen molar-refractivity contribution < 1.29 is 71.6 Å². The number of aromatic hydroxyl groups is 2. The molecule has 0 saturated heterocycles. The molecule has 0 aromatic heterocycles. The largest absolute Gasteiger partial charge is 0.508 e. The number of azo groups is 4. The van der Waals surface area contributed by atoms with Crippen LogP contribution in [0.15, 0.2) is 170 Å². The van der Waals surface area contributed by atoms with Crippen molar-refractivity contribution in [1.29, 1.82) is 0 Å². The number of non-ortho nitro benzene ring substituents is 1. The Hall–Kier alpha value is -8.62. The number of aryl methyl sites for hydroxylation is 1. The van der Waals surface area contributed by atoms with Crippen molar-refractivity contribution in [3.63, 3.8) is 0 Å². The van der Waals surface area contributed by atoms with E-state index in [4.69, 9.17) is 29.1 Å². The molecule has 0 aliphatic rings. The maximum absolute atomic E-state index is 12.1. The van der Waals surface area contributed by atoms with Gasteiger partial charge >= 0.3 is 0 Å². The molecular weight excluding hydrogens is 1060 g/mol. The lowest BCUT2D eigenvalue weighted by Gasteiger charge is -2.11. The topological polar surface area (TPSA) is 354 Å². The fourth-order valence-electron chi connectivity index (χ4n) is 6.69. The lowest BCUT2D eigenvalue weighted by atomic mass is 10.1. The molecule has 0 amide bonds. The van der Waals surface area contributed by atoms with Crippen LogP contribution < -0.4 is 9.47 Å². The Morgan fingerprint density at radius 2 is 1.18 bits per heavy atom. The highest BCUT2D eigenvalue weighted by Crippen LogP contribution is 2.47. The lowest BCUT2D eigenvalue weighted by Crippen LogP contribution is -2.02. The van der Waals surface area contributed by atoms with Crippen LogP contribution in [0.2, 0.25) is 0 Å². The van der Waals surface area contributed by atoms with Gasteiger partial charge in [0.25, 0.3) is 15.8 Å². The second-order valence-corrected chi connectivity index (χ2v) is 17.9. The van der Waals surface area contributed by atoms with Crippen LogP contribution in [0.5, 0.6) is 23.0 Å². The van der Waals surface area contributed by atoms with Crippen molar-refractivity contribution >= 4 is 120 Å². The molecule has 7 aromatic carbocycles. The maximum atomic E-state index is 12.1. The predicted octanol–water partition coefficient (Wildman–Crippen LogP) is 14.7. The summed E-state index contributed by atoms with van der Waals surface area (Å²) in [5.74, 6) is 0.241. The minimum Gasteiger partial charge on any atom is -0.508 e. The van der Waals surface area contributed by atoms with Gasteiger partial charge in [-0.1, -0.05) is 28.3 Å². The van der Waals surface area contributed by atoms with Crippen LogP contribution >= 0.6 is 24.1 Å². The van der Waals surface area contributed by atoms with Crippen molar-refractivity contribution in [1.82, 2.24) is 0 Å². The number of benzene rings is 7. The molecule has 0 fully saturated rings. The van der Waals surface area contributed by atoms with E-state index in [1.54, 1.807) is 55.5 Å². The number of nitro benzene ring substituents is 1. The van der Waals surface area contributed by atoms with E-state index in [2.05, 4.69) is 60.3 Å². The predicted molar refractivity (Wildman–Crippen MR) is 276 cm³/mol. The monoisotopic (exact) mass is 1090 g/mol. The average Bonchev–Trinajstić information content (AvgIpc) is 3.41. The molecule has 0 saturated carbocycles. The maximum Gasteiger partial charge on any atom is 0.295 e. The first kappa shape index (κ1) is 55.1. The number of aliphatic imine (C=N–C) groups is 1. The third kappa shape index (κ3) is 13.9. The van der Waals surface area contributed by atoms with E-state index in [1.807, 2.05) is 0 Å². The second kappa shape index (κ2) is 25.6. The Labute approximate surface area is 438 Å². The van der Waals surface area contributed by atoms with Gasteiger partial charge in [0.05, 0.1) is 83.7 Å². The number of nitro groups is 1. The number of phenols is 2. The number of phenolic OH excluding ortho intramolecular Hbond substituents is 2. The molecular formula is C47H38N10O16S3. The van der Waals surface area contributed by atoms with E-state index in [0.29, 0.717) is 63.0 Å². The highest BCUT2D eigenvalue weighted by Gasteiger charge is 2.20. The first-order valence-corrected chi connectivity index (χ1v) is 24.1. The Morgan fingerprint density at radius 3 is 1.87 bits per heavy atom. The molecule has 0 atom stereocenters. The standard InChI is InChI=1S/C47H38N10O16S3/c1-26-17-39(55-56-46-44(75-73-71-63)19-29-18-31(12-16-35(29)47(46)59)50-49-30-10-14-34(58)15-11-30)41(68-3)23-36(26)52-54-40-22-37(48-25-67-2)38(24-42(40)69-4)53-51-32-9-7-27(43(20-32)74-72-70-62)5-6-28-8-13-33(57(60)61)21-45(28)76(64,65)66/h5-25,58-59,62-63H,1-4H3,(H,64,65,66)/b6-5+,48-25?,50-49?,53-51?,54-52?,56-55?. The fraction of sp³-hybridized carbons (Fsp3) is 0.0851. The van der Waals surface area contributed by atoms with Crippen LogP contribution in [0.3, 0.4) is 0 Å². The molecule has 0 aliphatic heterocycles. The summed E-state index contributed by atoms with van der Waals surface area (Å²) in [6.07, 6.45) is 3.87. The number of hydrogen-bond donors (Lipinski definition) is 5. The van der Waals surface area contributed by atoms with Crippen molar-refractivity contribution in [2.24, 2.45) is 45.9 Å². The summed E-state index contributed by atoms with van der Waals surface area (Å²) >= 11 is 1.11. The van der Waals surface area contributed by atoms with Gasteiger partial charge in [0, 0.05) is 34.5 Å². The van der Waals surface area contributed by atoms with Crippen LogP contribution in [0.1, 0.15) is 16.7 Å². The summed E-state index contributed by atoms with van der Waals surface area (Å²) in [6.45, 7) is 1.74. The first-order valence-electron chi connectivity index (χ1n) is 21.2. The van der Waals surface area contributed by atoms with Crippen LogP contribution in [-0.4, -0.2) is 66.4 Å². The van der Waals surface area contributed by atoms with Gasteiger partial charge in [0.1, 0.15) is 44.9 Å². The Morgan fingerprint density at radius 1 is 0.605 bits per heavy atom. The first-order chi connectivity index (χ1) is 36.6. The van der Waals surface area contributed by atoms with Crippen LogP contribution in [0.25, 0.3) is 22.9 Å². The number of fused-ring (bicyclic) bond motifs is 1. The summed E-state index contributed by atoms with van der Waals surface area (Å²) in [4.78, 5) is 14.5. The zero-order valence-corrected chi connectivity index (χ0v) is 42.0. The van der Waals surface area contributed by atoms with Crippen molar-refractivity contribution in [3.8, 4) is 23.0 Å². The SMILES string of the molecule is COC=Nc1cc(N=Nc2cc(OC)c(N=Nc3c(SOOO)cc4cc(N=Nc5ccc(O)cc5)ccc4c3O)cc2C)c(OC)cc1N=Nc1ccc(/C=C/c2ccc([N+](=O)[O-])cc2S(=O)(=O)O)c(SOOO)c1. The fourth-order valence-corrected chi connectivity index (χ4v) is 8.39.